The molecule has 0 aliphatic carbocycles. The Kier molecular flexibility index (Phi) is 5.83. The summed E-state index contributed by atoms with van der Waals surface area (Å²) in [6, 6.07) is 0. The van der Waals surface area contributed by atoms with Crippen LogP contribution in [0.25, 0.3) is 0 Å². The van der Waals surface area contributed by atoms with Crippen molar-refractivity contribution in [1.82, 2.24) is 10.2 Å². The predicted molar refractivity (Wildman–Crippen MR) is 71.8 cm³/mol. The maximum absolute atomic E-state index is 11.2. The molecule has 7 nitrogen and oxygen atoms in total. The second kappa shape index (κ2) is 6.92. The van der Waals surface area contributed by atoms with E-state index in [0.717, 1.165) is 24.2 Å². The van der Waals surface area contributed by atoms with Gasteiger partial charge in [-0.2, -0.15) is 0 Å². The molecule has 0 saturated carbocycles. The van der Waals surface area contributed by atoms with Crippen LogP contribution in [0.4, 0.5) is 0 Å². The Morgan fingerprint density at radius 1 is 1.37 bits per heavy atom. The first kappa shape index (κ1) is 16.0. The molecule has 19 heavy (non-hydrogen) atoms. The van der Waals surface area contributed by atoms with E-state index in [1.54, 1.807) is 0 Å². The summed E-state index contributed by atoms with van der Waals surface area (Å²) in [5.41, 5.74) is 5.30. The number of primary amides is 1. The molecule has 0 aromatic carbocycles. The summed E-state index contributed by atoms with van der Waals surface area (Å²) in [5.74, 6) is -0.417. The lowest BCUT2D eigenvalue weighted by Gasteiger charge is -2.10. The summed E-state index contributed by atoms with van der Waals surface area (Å²) in [6.07, 6.45) is 3.64. The number of hydrogen-bond acceptors (Lipinski definition) is 6. The maximum atomic E-state index is 11.2. The summed E-state index contributed by atoms with van der Waals surface area (Å²) >= 11 is 0.962. The van der Waals surface area contributed by atoms with E-state index in [4.69, 9.17) is 10.9 Å². The van der Waals surface area contributed by atoms with Crippen LogP contribution in [-0.4, -0.2) is 24.5 Å². The molecule has 4 N–H and O–H groups in total. The first-order valence-corrected chi connectivity index (χ1v) is 8.35. The van der Waals surface area contributed by atoms with Gasteiger partial charge in [0.1, 0.15) is 5.01 Å². The zero-order chi connectivity index (χ0) is 14.5. The highest BCUT2D eigenvalue weighted by atomic mass is 32.2. The molecule has 0 spiro atoms. The number of hydrogen-bond donors (Lipinski definition) is 2. The molecular formula is C10H18N4O3S2. The van der Waals surface area contributed by atoms with Gasteiger partial charge in [0, 0.05) is 12.3 Å². The fourth-order valence-corrected chi connectivity index (χ4v) is 3.25. The van der Waals surface area contributed by atoms with E-state index in [2.05, 4.69) is 10.2 Å². The second-order valence-electron chi connectivity index (χ2n) is 4.29. The highest BCUT2D eigenvalue weighted by Gasteiger charge is 2.17. The molecule has 9 heteroatoms. The average molecular weight is 306 g/mol. The molecule has 1 amide bonds. The topological polar surface area (TPSA) is 129 Å². The highest BCUT2D eigenvalue weighted by molar-refractivity contribution is 7.91. The van der Waals surface area contributed by atoms with E-state index in [1.165, 1.54) is 0 Å². The van der Waals surface area contributed by atoms with Gasteiger partial charge in [0.2, 0.25) is 10.2 Å². The minimum absolute atomic E-state index is 0.129. The average Bonchev–Trinajstić information content (AvgIpc) is 2.76. The van der Waals surface area contributed by atoms with Gasteiger partial charge in [0.05, 0.1) is 0 Å². The molecule has 0 fully saturated rings. The molecule has 1 unspecified atom stereocenters. The molecule has 0 radical (unpaired) electrons. The maximum Gasteiger partial charge on any atom is 0.267 e. The predicted octanol–water partition coefficient (Wildman–Crippen LogP) is 0.410. The van der Waals surface area contributed by atoms with Crippen molar-refractivity contribution in [3.05, 3.63) is 5.01 Å². The van der Waals surface area contributed by atoms with Crippen LogP contribution in [0.3, 0.4) is 0 Å². The molecule has 1 aromatic heterocycles. The van der Waals surface area contributed by atoms with Crippen molar-refractivity contribution < 1.29 is 13.2 Å². The minimum Gasteiger partial charge on any atom is -0.369 e. The molecule has 1 aromatic rings. The Balaban J connectivity index is 2.49. The third kappa shape index (κ3) is 5.21. The largest absolute Gasteiger partial charge is 0.369 e. The van der Waals surface area contributed by atoms with E-state index in [9.17, 15) is 13.2 Å². The lowest BCUT2D eigenvalue weighted by Crippen LogP contribution is -2.23. The Labute approximate surface area is 116 Å². The summed E-state index contributed by atoms with van der Waals surface area (Å²) in [7, 11) is -3.77. The summed E-state index contributed by atoms with van der Waals surface area (Å²) in [4.78, 5) is 11.2. The molecule has 108 valence electrons. The van der Waals surface area contributed by atoms with Crippen LogP contribution in [0.15, 0.2) is 4.34 Å². The van der Waals surface area contributed by atoms with Gasteiger partial charge in [-0.05, 0) is 19.3 Å². The summed E-state index contributed by atoms with van der Waals surface area (Å²) in [6.45, 7) is 2.00. The number of nitrogens with zero attached hydrogens (tertiary/aromatic N) is 2. The van der Waals surface area contributed by atoms with E-state index in [1.807, 2.05) is 6.92 Å². The van der Waals surface area contributed by atoms with E-state index >= 15 is 0 Å². The SMILES string of the molecule is CCCC(CCCc1nnc(S(N)(=O)=O)s1)C(N)=O. The van der Waals surface area contributed by atoms with E-state index in [-0.39, 0.29) is 16.2 Å². The zero-order valence-corrected chi connectivity index (χ0v) is 12.3. The number of sulfonamides is 1. The van der Waals surface area contributed by atoms with Gasteiger partial charge in [0.25, 0.3) is 10.0 Å². The number of primary sulfonamides is 1. The first-order valence-electron chi connectivity index (χ1n) is 5.99. The van der Waals surface area contributed by atoms with Crippen LogP contribution in [0, 0.1) is 5.92 Å². The normalized spacial score (nSPS) is 13.4. The number of nitrogens with two attached hydrogens (primary N) is 2. The third-order valence-electron chi connectivity index (χ3n) is 2.67. The van der Waals surface area contributed by atoms with Crippen LogP contribution >= 0.6 is 11.3 Å². The molecule has 0 saturated heterocycles. The smallest absolute Gasteiger partial charge is 0.267 e. The Morgan fingerprint density at radius 3 is 2.53 bits per heavy atom. The Bertz CT molecular complexity index is 527. The molecule has 1 atom stereocenters. The molecule has 0 aliphatic rings. The fourth-order valence-electron chi connectivity index (χ4n) is 1.73. The van der Waals surface area contributed by atoms with Crippen LogP contribution in [0.5, 0.6) is 0 Å². The fraction of sp³-hybridized carbons (Fsp3) is 0.700. The molecule has 0 aliphatic heterocycles. The number of aromatic nitrogens is 2. The number of amides is 1. The molecule has 1 heterocycles. The van der Waals surface area contributed by atoms with E-state index in [0.29, 0.717) is 24.3 Å². The van der Waals surface area contributed by atoms with Crippen molar-refractivity contribution in [3.8, 4) is 0 Å². The van der Waals surface area contributed by atoms with E-state index < -0.39 is 10.0 Å². The second-order valence-corrected chi connectivity index (χ2v) is 7.08. The highest BCUT2D eigenvalue weighted by Crippen LogP contribution is 2.19. The van der Waals surface area contributed by atoms with Crippen molar-refractivity contribution in [1.29, 1.82) is 0 Å². The van der Waals surface area contributed by atoms with Gasteiger partial charge in [-0.3, -0.25) is 4.79 Å². The minimum atomic E-state index is -3.77. The standard InChI is InChI=1S/C10H18N4O3S2/c1-2-4-7(9(11)15)5-3-6-8-13-14-10(18-8)19(12,16)17/h7H,2-6H2,1H3,(H2,11,15)(H2,12,16,17). The number of carbonyl (C=O) groups is 1. The van der Waals surface area contributed by atoms with Gasteiger partial charge in [-0.15, -0.1) is 10.2 Å². The van der Waals surface area contributed by atoms with Crippen molar-refractivity contribution in [3.63, 3.8) is 0 Å². The van der Waals surface area contributed by atoms with Crippen LogP contribution in [0.1, 0.15) is 37.6 Å². The molecule has 1 rings (SSSR count). The first-order chi connectivity index (χ1) is 8.84. The monoisotopic (exact) mass is 306 g/mol. The third-order valence-corrected chi connectivity index (χ3v) is 4.97. The van der Waals surface area contributed by atoms with Crippen molar-refractivity contribution in [2.45, 2.75) is 43.4 Å². The molecule has 0 bridgehead atoms. The van der Waals surface area contributed by atoms with Crippen LogP contribution < -0.4 is 10.9 Å². The van der Waals surface area contributed by atoms with Crippen molar-refractivity contribution in [2.75, 3.05) is 0 Å². The number of aryl methyl sites for hydroxylation is 1. The number of carbonyl (C=O) groups excluding carboxylic acids is 1. The van der Waals surface area contributed by atoms with Crippen LogP contribution in [0.2, 0.25) is 0 Å². The lowest BCUT2D eigenvalue weighted by atomic mass is 9.96. The lowest BCUT2D eigenvalue weighted by molar-refractivity contribution is -0.122. The number of rotatable bonds is 8. The van der Waals surface area contributed by atoms with Gasteiger partial charge >= 0.3 is 0 Å². The van der Waals surface area contributed by atoms with Crippen molar-refractivity contribution >= 4 is 27.3 Å². The Hall–Kier alpha value is -1.06. The van der Waals surface area contributed by atoms with Crippen LogP contribution in [-0.2, 0) is 21.2 Å². The summed E-state index contributed by atoms with van der Waals surface area (Å²) < 4.78 is 21.9. The van der Waals surface area contributed by atoms with Crippen molar-refractivity contribution in [2.24, 2.45) is 16.8 Å². The molecular weight excluding hydrogens is 288 g/mol. The van der Waals surface area contributed by atoms with Gasteiger partial charge in [0.15, 0.2) is 0 Å². The quantitative estimate of drug-likeness (QED) is 0.718. The Morgan fingerprint density at radius 2 is 2.05 bits per heavy atom. The van der Waals surface area contributed by atoms with Gasteiger partial charge in [-0.25, -0.2) is 13.6 Å². The van der Waals surface area contributed by atoms with Gasteiger partial charge in [-0.1, -0.05) is 24.7 Å². The zero-order valence-electron chi connectivity index (χ0n) is 10.7. The summed E-state index contributed by atoms with van der Waals surface area (Å²) in [5, 5.41) is 12.8. The van der Waals surface area contributed by atoms with Gasteiger partial charge < -0.3 is 5.73 Å².